The van der Waals surface area contributed by atoms with E-state index in [0.29, 0.717) is 12.8 Å². The molecular weight excluding hydrogens is 308 g/mol. The molecule has 0 aromatic carbocycles. The summed E-state index contributed by atoms with van der Waals surface area (Å²) in [5, 5.41) is 9.23. The van der Waals surface area contributed by atoms with Crippen molar-refractivity contribution < 1.29 is 33.8 Å². The molecule has 1 rings (SSSR count). The Labute approximate surface area is 118 Å². The third-order valence-corrected chi connectivity index (χ3v) is 7.01. The second-order valence-electron chi connectivity index (χ2n) is 5.07. The molecule has 1 saturated carbocycles. The van der Waals surface area contributed by atoms with Crippen molar-refractivity contribution >= 4 is 15.2 Å². The first-order valence-electron chi connectivity index (χ1n) is 6.41. The van der Waals surface area contributed by atoms with Gasteiger partial charge in [-0.15, -0.1) is 0 Å². The van der Waals surface area contributed by atoms with Gasteiger partial charge in [-0.1, -0.05) is 32.1 Å². The lowest BCUT2D eigenvalue weighted by Crippen LogP contribution is -2.32. The van der Waals surface area contributed by atoms with E-state index in [0.717, 1.165) is 19.3 Å². The molecule has 122 valence electrons. The number of hydrogen-bond acceptors (Lipinski definition) is 4. The molecule has 1 aliphatic rings. The van der Waals surface area contributed by atoms with Crippen LogP contribution in [0.3, 0.4) is 0 Å². The van der Waals surface area contributed by atoms with E-state index >= 15 is 0 Å². The second kappa shape index (κ2) is 8.01. The average Bonchev–Trinajstić information content (AvgIpc) is 2.28. The van der Waals surface area contributed by atoms with Gasteiger partial charge in [-0.2, -0.15) is 0 Å². The highest BCUT2D eigenvalue weighted by Crippen LogP contribution is 2.70. The first-order chi connectivity index (χ1) is 8.99. The lowest BCUT2D eigenvalue weighted by atomic mass is 9.87. The van der Waals surface area contributed by atoms with E-state index in [1.165, 1.54) is 0 Å². The third kappa shape index (κ3) is 5.54. The van der Waals surface area contributed by atoms with Gasteiger partial charge >= 0.3 is 15.2 Å². The zero-order valence-corrected chi connectivity index (χ0v) is 13.6. The van der Waals surface area contributed by atoms with Crippen LogP contribution in [-0.2, 0) is 9.13 Å². The van der Waals surface area contributed by atoms with Crippen LogP contribution in [0.1, 0.15) is 38.5 Å². The van der Waals surface area contributed by atoms with Crippen LogP contribution in [0.2, 0.25) is 0 Å². The highest BCUT2D eigenvalue weighted by Gasteiger charge is 2.59. The summed E-state index contributed by atoms with van der Waals surface area (Å²) in [6.45, 7) is 0. The predicted octanol–water partition coefficient (Wildman–Crippen LogP) is 0.794. The van der Waals surface area contributed by atoms with E-state index in [1.807, 2.05) is 14.1 Å². The quantitative estimate of drug-likeness (QED) is 0.414. The fourth-order valence-electron chi connectivity index (χ4n) is 2.19. The molecule has 0 saturated heterocycles. The summed E-state index contributed by atoms with van der Waals surface area (Å²) in [6, 6.07) is 0. The van der Waals surface area contributed by atoms with E-state index in [9.17, 15) is 14.2 Å². The van der Waals surface area contributed by atoms with Crippen LogP contribution in [-0.4, -0.2) is 43.9 Å². The van der Waals surface area contributed by atoms with Crippen molar-refractivity contribution in [3.63, 3.8) is 0 Å². The van der Waals surface area contributed by atoms with Crippen molar-refractivity contribution in [2.75, 3.05) is 14.1 Å². The second-order valence-corrected chi connectivity index (χ2v) is 9.08. The minimum atomic E-state index is -5.28. The lowest BCUT2D eigenvalue weighted by Gasteiger charge is -2.33. The molecule has 6 N–H and O–H groups in total. The van der Waals surface area contributed by atoms with Gasteiger partial charge in [-0.25, -0.2) is 0 Å². The molecule has 10 heteroatoms. The fourth-order valence-corrected chi connectivity index (χ4v) is 4.54. The van der Waals surface area contributed by atoms with Gasteiger partial charge in [0.05, 0.1) is 0 Å². The Bertz CT molecular complexity index is 350. The summed E-state index contributed by atoms with van der Waals surface area (Å²) in [7, 11) is -6.82. The summed E-state index contributed by atoms with van der Waals surface area (Å²) in [5.74, 6) is -0.256. The SMILES string of the molecule is CNC.O=P(O)(O)C(O)(CC1CCCCC1)P(=O)(O)O. The maximum atomic E-state index is 11.1. The van der Waals surface area contributed by atoms with Crippen LogP contribution in [0, 0.1) is 5.92 Å². The van der Waals surface area contributed by atoms with Crippen molar-refractivity contribution in [2.24, 2.45) is 5.92 Å². The molecule has 1 fully saturated rings. The van der Waals surface area contributed by atoms with Crippen LogP contribution >= 0.6 is 15.2 Å². The summed E-state index contributed by atoms with van der Waals surface area (Å²) >= 11 is 0. The van der Waals surface area contributed by atoms with Gasteiger partial charge < -0.3 is 30.0 Å². The first kappa shape index (κ1) is 20.2. The van der Waals surface area contributed by atoms with Crippen molar-refractivity contribution in [1.29, 1.82) is 0 Å². The molecular formula is C10H25NO7P2. The number of nitrogens with one attached hydrogen (secondary N) is 1. The highest BCUT2D eigenvalue weighted by molar-refractivity contribution is 7.72. The largest absolute Gasteiger partial charge is 0.369 e. The molecule has 0 aliphatic heterocycles. The maximum absolute atomic E-state index is 11.1. The number of rotatable bonds is 4. The maximum Gasteiger partial charge on any atom is 0.369 e. The molecule has 0 heterocycles. The van der Waals surface area contributed by atoms with Crippen molar-refractivity contribution in [3.05, 3.63) is 0 Å². The molecule has 1 aliphatic carbocycles. The van der Waals surface area contributed by atoms with Crippen molar-refractivity contribution in [1.82, 2.24) is 5.32 Å². The van der Waals surface area contributed by atoms with E-state index < -0.39 is 26.7 Å². The van der Waals surface area contributed by atoms with Gasteiger partial charge in [0, 0.05) is 6.42 Å². The smallest absolute Gasteiger partial charge is 0.368 e. The Morgan fingerprint density at radius 3 is 1.65 bits per heavy atom. The van der Waals surface area contributed by atoms with E-state index in [4.69, 9.17) is 19.6 Å². The van der Waals surface area contributed by atoms with Gasteiger partial charge in [0.25, 0.3) is 5.08 Å². The molecule has 0 bridgehead atoms. The Hall–Kier alpha value is 0.220. The Balaban J connectivity index is 0.00000110. The van der Waals surface area contributed by atoms with Crippen LogP contribution in [0.5, 0.6) is 0 Å². The highest BCUT2D eigenvalue weighted by atomic mass is 31.2. The van der Waals surface area contributed by atoms with Crippen LogP contribution in [0.15, 0.2) is 0 Å². The fraction of sp³-hybridized carbons (Fsp3) is 1.00. The molecule has 0 aromatic heterocycles. The zero-order chi connectivity index (χ0) is 16.0. The lowest BCUT2D eigenvalue weighted by molar-refractivity contribution is 0.0986. The van der Waals surface area contributed by atoms with Gasteiger partial charge in [0.2, 0.25) is 0 Å². The topological polar surface area (TPSA) is 147 Å². The summed E-state index contributed by atoms with van der Waals surface area (Å²) in [5.41, 5.74) is 0. The third-order valence-electron chi connectivity index (χ3n) is 3.22. The molecule has 0 radical (unpaired) electrons. The predicted molar refractivity (Wildman–Crippen MR) is 75.2 cm³/mol. The molecule has 0 aromatic rings. The molecule has 0 amide bonds. The monoisotopic (exact) mass is 333 g/mol. The molecule has 0 unspecified atom stereocenters. The molecule has 0 spiro atoms. The molecule has 20 heavy (non-hydrogen) atoms. The van der Waals surface area contributed by atoms with E-state index in [1.54, 1.807) is 0 Å². The minimum absolute atomic E-state index is 0.256. The van der Waals surface area contributed by atoms with Crippen LogP contribution < -0.4 is 5.32 Å². The summed E-state index contributed by atoms with van der Waals surface area (Å²) in [6.07, 6.45) is 3.40. The van der Waals surface area contributed by atoms with E-state index in [-0.39, 0.29) is 5.92 Å². The first-order valence-corrected chi connectivity index (χ1v) is 9.64. The summed E-state index contributed by atoms with van der Waals surface area (Å²) in [4.78, 5) is 35.9. The van der Waals surface area contributed by atoms with Gasteiger partial charge in [-0.3, -0.25) is 9.13 Å². The Morgan fingerprint density at radius 1 is 1.00 bits per heavy atom. The normalized spacial score (nSPS) is 18.4. The van der Waals surface area contributed by atoms with Crippen molar-refractivity contribution in [2.45, 2.75) is 43.6 Å². The standard InChI is InChI=1S/C8H18O7P2.C2H7N/c9-8(16(10,11)12,17(13,14)15)6-7-4-2-1-3-5-7;1-3-2/h7,9H,1-6H2,(H2,10,11,12)(H2,13,14,15);3H,1-2H3. The minimum Gasteiger partial charge on any atom is -0.368 e. The zero-order valence-electron chi connectivity index (χ0n) is 11.8. The number of aliphatic hydroxyl groups is 1. The van der Waals surface area contributed by atoms with Gasteiger partial charge in [0.1, 0.15) is 0 Å². The Kier molecular flexibility index (Phi) is 8.10. The molecule has 8 nitrogen and oxygen atoms in total. The number of hydrogen-bond donors (Lipinski definition) is 6. The van der Waals surface area contributed by atoms with Crippen LogP contribution in [0.4, 0.5) is 0 Å². The van der Waals surface area contributed by atoms with E-state index in [2.05, 4.69) is 5.32 Å². The van der Waals surface area contributed by atoms with Crippen LogP contribution in [0.25, 0.3) is 0 Å². The summed E-state index contributed by atoms with van der Waals surface area (Å²) < 4.78 is 22.3. The van der Waals surface area contributed by atoms with Gasteiger partial charge in [-0.05, 0) is 20.0 Å². The van der Waals surface area contributed by atoms with Crippen molar-refractivity contribution in [3.8, 4) is 0 Å². The Morgan fingerprint density at radius 2 is 1.35 bits per heavy atom. The average molecular weight is 333 g/mol. The molecule has 0 atom stereocenters. The van der Waals surface area contributed by atoms with Gasteiger partial charge in [0.15, 0.2) is 0 Å².